The molecule has 0 spiro atoms. The Morgan fingerprint density at radius 2 is 1.97 bits per heavy atom. The molecule has 0 atom stereocenters. The summed E-state index contributed by atoms with van der Waals surface area (Å²) in [6.07, 6.45) is 4.94. The number of hydrogen-bond donors (Lipinski definition) is 2. The lowest BCUT2D eigenvalue weighted by Crippen LogP contribution is -2.40. The van der Waals surface area contributed by atoms with Crippen molar-refractivity contribution in [2.45, 2.75) is 11.7 Å². The molecule has 8 nitrogen and oxygen atoms in total. The van der Waals surface area contributed by atoms with Gasteiger partial charge in [-0.2, -0.15) is 0 Å². The number of hydrogen-bond acceptors (Lipinski definition) is 6. The number of carbonyl (C=O) groups is 2. The van der Waals surface area contributed by atoms with Gasteiger partial charge in [0, 0.05) is 24.5 Å². The monoisotopic (exact) mass is 408 g/mol. The molecule has 3 rings (SSSR count). The Balaban J connectivity index is 1.76. The van der Waals surface area contributed by atoms with Gasteiger partial charge in [0.2, 0.25) is 5.91 Å². The quantitative estimate of drug-likeness (QED) is 0.439. The SMILES string of the molecule is C=CCNC(=O)NC(=O)CSc1nnc(-c2cccnc2)n1Cc1ccccc1. The van der Waals surface area contributed by atoms with E-state index in [4.69, 9.17) is 0 Å². The molecule has 0 aliphatic heterocycles. The fourth-order valence-electron chi connectivity index (χ4n) is 2.51. The molecule has 2 aromatic heterocycles. The number of benzene rings is 1. The highest BCUT2D eigenvalue weighted by molar-refractivity contribution is 7.99. The number of rotatable bonds is 8. The molecule has 0 saturated carbocycles. The fraction of sp³-hybridized carbons (Fsp3) is 0.150. The molecule has 0 radical (unpaired) electrons. The topological polar surface area (TPSA) is 102 Å². The van der Waals surface area contributed by atoms with Crippen molar-refractivity contribution in [1.82, 2.24) is 30.4 Å². The summed E-state index contributed by atoms with van der Waals surface area (Å²) in [6.45, 7) is 4.33. The molecular weight excluding hydrogens is 388 g/mol. The minimum absolute atomic E-state index is 0.0292. The van der Waals surface area contributed by atoms with E-state index in [9.17, 15) is 9.59 Å². The lowest BCUT2D eigenvalue weighted by molar-refractivity contribution is -0.117. The molecule has 0 fully saturated rings. The van der Waals surface area contributed by atoms with Crippen LogP contribution in [0, 0.1) is 0 Å². The van der Waals surface area contributed by atoms with Crippen LogP contribution in [-0.2, 0) is 11.3 Å². The van der Waals surface area contributed by atoms with Gasteiger partial charge in [0.05, 0.1) is 12.3 Å². The summed E-state index contributed by atoms with van der Waals surface area (Å²) in [6, 6.07) is 13.1. The third-order valence-corrected chi connectivity index (χ3v) is 4.78. The summed E-state index contributed by atoms with van der Waals surface area (Å²) >= 11 is 1.21. The molecule has 0 aliphatic carbocycles. The fourth-order valence-corrected chi connectivity index (χ4v) is 3.25. The van der Waals surface area contributed by atoms with Gasteiger partial charge in [-0.1, -0.05) is 48.2 Å². The Morgan fingerprint density at radius 3 is 2.69 bits per heavy atom. The number of nitrogens with zero attached hydrogens (tertiary/aromatic N) is 4. The van der Waals surface area contributed by atoms with E-state index in [2.05, 4.69) is 32.4 Å². The zero-order valence-corrected chi connectivity index (χ0v) is 16.4. The number of urea groups is 1. The number of imide groups is 1. The molecule has 0 unspecified atom stereocenters. The third kappa shape index (κ3) is 5.76. The third-order valence-electron chi connectivity index (χ3n) is 3.81. The number of carbonyl (C=O) groups excluding carboxylic acids is 2. The molecule has 0 bridgehead atoms. The largest absolute Gasteiger partial charge is 0.334 e. The van der Waals surface area contributed by atoms with E-state index in [1.807, 2.05) is 47.0 Å². The summed E-state index contributed by atoms with van der Waals surface area (Å²) in [4.78, 5) is 27.8. The predicted octanol–water partition coefficient (Wildman–Crippen LogP) is 2.49. The number of aromatic nitrogens is 4. The highest BCUT2D eigenvalue weighted by Gasteiger charge is 2.17. The maximum atomic E-state index is 12.1. The van der Waals surface area contributed by atoms with Crippen molar-refractivity contribution >= 4 is 23.7 Å². The Labute approximate surface area is 172 Å². The molecule has 9 heteroatoms. The van der Waals surface area contributed by atoms with Crippen LogP contribution >= 0.6 is 11.8 Å². The standard InChI is InChI=1S/C20H20N6O2S/c1-2-10-22-19(28)23-17(27)14-29-20-25-24-18(16-9-6-11-21-12-16)26(20)13-15-7-4-3-5-8-15/h2-9,11-12H,1,10,13-14H2,(H2,22,23,27,28). The number of nitrogens with one attached hydrogen (secondary N) is 2. The van der Waals surface area contributed by atoms with E-state index in [1.54, 1.807) is 12.4 Å². The zero-order valence-electron chi connectivity index (χ0n) is 15.6. The van der Waals surface area contributed by atoms with E-state index in [0.717, 1.165) is 11.1 Å². The van der Waals surface area contributed by atoms with Crippen LogP contribution in [0.25, 0.3) is 11.4 Å². The van der Waals surface area contributed by atoms with Gasteiger partial charge in [0.1, 0.15) is 0 Å². The van der Waals surface area contributed by atoms with Crippen LogP contribution in [0.2, 0.25) is 0 Å². The lowest BCUT2D eigenvalue weighted by Gasteiger charge is -2.10. The van der Waals surface area contributed by atoms with Crippen molar-refractivity contribution in [3.63, 3.8) is 0 Å². The van der Waals surface area contributed by atoms with Crippen molar-refractivity contribution in [3.05, 3.63) is 73.1 Å². The first-order valence-corrected chi connectivity index (χ1v) is 9.85. The Bertz CT molecular complexity index is 975. The molecule has 0 saturated heterocycles. The van der Waals surface area contributed by atoms with Crippen molar-refractivity contribution in [2.24, 2.45) is 0 Å². The van der Waals surface area contributed by atoms with Crippen molar-refractivity contribution in [2.75, 3.05) is 12.3 Å². The van der Waals surface area contributed by atoms with Crippen molar-refractivity contribution < 1.29 is 9.59 Å². The van der Waals surface area contributed by atoms with E-state index >= 15 is 0 Å². The van der Waals surface area contributed by atoms with Crippen LogP contribution in [0.3, 0.4) is 0 Å². The summed E-state index contributed by atoms with van der Waals surface area (Å²) in [5.41, 5.74) is 1.91. The summed E-state index contributed by atoms with van der Waals surface area (Å²) in [5, 5.41) is 13.9. The van der Waals surface area contributed by atoms with Crippen LogP contribution < -0.4 is 10.6 Å². The molecule has 3 amide bonds. The normalized spacial score (nSPS) is 10.3. The summed E-state index contributed by atoms with van der Waals surface area (Å²) in [5.74, 6) is 0.268. The minimum Gasteiger partial charge on any atom is -0.334 e. The van der Waals surface area contributed by atoms with Crippen LogP contribution in [0.15, 0.2) is 72.7 Å². The van der Waals surface area contributed by atoms with Gasteiger partial charge >= 0.3 is 6.03 Å². The van der Waals surface area contributed by atoms with Crippen molar-refractivity contribution in [3.8, 4) is 11.4 Å². The number of amides is 3. The number of thioether (sulfide) groups is 1. The van der Waals surface area contributed by atoms with E-state index < -0.39 is 11.9 Å². The molecule has 2 heterocycles. The molecule has 0 aliphatic rings. The van der Waals surface area contributed by atoms with E-state index in [0.29, 0.717) is 17.5 Å². The average Bonchev–Trinajstić information content (AvgIpc) is 3.14. The Hall–Kier alpha value is -3.46. The van der Waals surface area contributed by atoms with Gasteiger partial charge in [-0.3, -0.25) is 19.7 Å². The molecule has 3 aromatic rings. The van der Waals surface area contributed by atoms with Gasteiger partial charge in [0.15, 0.2) is 11.0 Å². The van der Waals surface area contributed by atoms with Crippen LogP contribution in [0.1, 0.15) is 5.56 Å². The number of pyridine rings is 1. The van der Waals surface area contributed by atoms with Gasteiger partial charge in [0.25, 0.3) is 0 Å². The second-order valence-electron chi connectivity index (χ2n) is 5.96. The summed E-state index contributed by atoms with van der Waals surface area (Å²) in [7, 11) is 0. The minimum atomic E-state index is -0.558. The van der Waals surface area contributed by atoms with Gasteiger partial charge in [-0.25, -0.2) is 4.79 Å². The molecule has 29 heavy (non-hydrogen) atoms. The highest BCUT2D eigenvalue weighted by Crippen LogP contribution is 2.24. The maximum absolute atomic E-state index is 12.1. The Morgan fingerprint density at radius 1 is 1.14 bits per heavy atom. The second kappa shape index (κ2) is 10.2. The van der Waals surface area contributed by atoms with E-state index in [1.165, 1.54) is 17.8 Å². The molecule has 1 aromatic carbocycles. The highest BCUT2D eigenvalue weighted by atomic mass is 32.2. The first-order valence-electron chi connectivity index (χ1n) is 8.86. The molecule has 148 valence electrons. The first kappa shape index (κ1) is 20.3. The smallest absolute Gasteiger partial charge is 0.321 e. The molecule has 2 N–H and O–H groups in total. The van der Waals surface area contributed by atoms with Crippen LogP contribution in [-0.4, -0.2) is 44.0 Å². The maximum Gasteiger partial charge on any atom is 0.321 e. The Kier molecular flexibility index (Phi) is 7.12. The van der Waals surface area contributed by atoms with E-state index in [-0.39, 0.29) is 12.3 Å². The lowest BCUT2D eigenvalue weighted by atomic mass is 10.2. The van der Waals surface area contributed by atoms with Crippen LogP contribution in [0.4, 0.5) is 4.79 Å². The summed E-state index contributed by atoms with van der Waals surface area (Å²) < 4.78 is 1.93. The van der Waals surface area contributed by atoms with Gasteiger partial charge in [-0.15, -0.1) is 16.8 Å². The van der Waals surface area contributed by atoms with Gasteiger partial charge in [-0.05, 0) is 17.7 Å². The zero-order chi connectivity index (χ0) is 20.5. The van der Waals surface area contributed by atoms with Gasteiger partial charge < -0.3 is 5.32 Å². The first-order chi connectivity index (χ1) is 14.2. The van der Waals surface area contributed by atoms with Crippen LogP contribution in [0.5, 0.6) is 0 Å². The van der Waals surface area contributed by atoms with Crippen molar-refractivity contribution in [1.29, 1.82) is 0 Å². The predicted molar refractivity (Wildman–Crippen MR) is 111 cm³/mol. The molecular formula is C20H20N6O2S. The second-order valence-corrected chi connectivity index (χ2v) is 6.90. The average molecular weight is 408 g/mol.